The number of benzene rings is 1. The standard InChI is InChI=1S/C21H25ClN2O/c22-19-7-2-1-5-16(19)15-17-6-3-8-20(23-17)21-9-4-12-24(21)18-10-13-25-14-11-18/h1-3,5-8,18,21H,4,9-15H2. The molecule has 0 spiro atoms. The number of pyridine rings is 1. The van der Waals surface area contributed by atoms with E-state index < -0.39 is 0 Å². The SMILES string of the molecule is Clc1ccccc1Cc1cccc(C2CCCN2C2CCOCC2)n1. The Morgan fingerprint density at radius 2 is 1.88 bits per heavy atom. The van der Waals surface area contributed by atoms with Gasteiger partial charge in [-0.05, 0) is 56.0 Å². The number of hydrogen-bond donors (Lipinski definition) is 0. The number of likely N-dealkylation sites (tertiary alicyclic amines) is 1. The number of halogens is 1. The molecule has 0 aliphatic carbocycles. The van der Waals surface area contributed by atoms with Crippen LogP contribution in [0.3, 0.4) is 0 Å². The molecule has 2 fully saturated rings. The quantitative estimate of drug-likeness (QED) is 0.797. The first-order valence-electron chi connectivity index (χ1n) is 9.34. The topological polar surface area (TPSA) is 25.4 Å². The molecule has 0 N–H and O–H groups in total. The van der Waals surface area contributed by atoms with Crippen molar-refractivity contribution in [1.82, 2.24) is 9.88 Å². The Labute approximate surface area is 155 Å². The second kappa shape index (κ2) is 7.86. The third-order valence-electron chi connectivity index (χ3n) is 5.45. The molecule has 4 heteroatoms. The lowest BCUT2D eigenvalue weighted by molar-refractivity contribution is 0.0285. The number of hydrogen-bond acceptors (Lipinski definition) is 3. The molecular formula is C21H25ClN2O. The van der Waals surface area contributed by atoms with Crippen molar-refractivity contribution < 1.29 is 4.74 Å². The van der Waals surface area contributed by atoms with Crippen molar-refractivity contribution >= 4 is 11.6 Å². The van der Waals surface area contributed by atoms with Gasteiger partial charge in [-0.25, -0.2) is 0 Å². The zero-order chi connectivity index (χ0) is 17.1. The first kappa shape index (κ1) is 17.0. The second-order valence-corrected chi connectivity index (χ2v) is 7.47. The summed E-state index contributed by atoms with van der Waals surface area (Å²) in [5.41, 5.74) is 3.46. The monoisotopic (exact) mass is 356 g/mol. The Kier molecular flexibility index (Phi) is 5.35. The number of nitrogens with zero attached hydrogens (tertiary/aromatic N) is 2. The average Bonchev–Trinajstić information content (AvgIpc) is 3.15. The fourth-order valence-corrected chi connectivity index (χ4v) is 4.38. The van der Waals surface area contributed by atoms with Crippen molar-refractivity contribution in [1.29, 1.82) is 0 Å². The average molecular weight is 357 g/mol. The zero-order valence-electron chi connectivity index (χ0n) is 14.5. The molecule has 1 aromatic carbocycles. The Bertz CT molecular complexity index is 715. The molecule has 0 bridgehead atoms. The van der Waals surface area contributed by atoms with Gasteiger partial charge in [0.2, 0.25) is 0 Å². The van der Waals surface area contributed by atoms with Crippen LogP contribution in [0.15, 0.2) is 42.5 Å². The molecule has 2 saturated heterocycles. The van der Waals surface area contributed by atoms with E-state index in [-0.39, 0.29) is 0 Å². The summed E-state index contributed by atoms with van der Waals surface area (Å²) < 4.78 is 5.54. The summed E-state index contributed by atoms with van der Waals surface area (Å²) in [6.45, 7) is 2.98. The summed E-state index contributed by atoms with van der Waals surface area (Å²) >= 11 is 6.32. The fraction of sp³-hybridized carbons (Fsp3) is 0.476. The van der Waals surface area contributed by atoms with E-state index in [1.165, 1.54) is 25.1 Å². The highest BCUT2D eigenvalue weighted by molar-refractivity contribution is 6.31. The van der Waals surface area contributed by atoms with Crippen molar-refractivity contribution in [3.8, 4) is 0 Å². The summed E-state index contributed by atoms with van der Waals surface area (Å²) in [6, 6.07) is 15.6. The minimum atomic E-state index is 0.453. The number of rotatable bonds is 4. The van der Waals surface area contributed by atoms with Gasteiger partial charge in [0, 0.05) is 36.4 Å². The van der Waals surface area contributed by atoms with E-state index in [1.54, 1.807) is 0 Å². The molecular weight excluding hydrogens is 332 g/mol. The van der Waals surface area contributed by atoms with Crippen LogP contribution < -0.4 is 0 Å². The predicted molar refractivity (Wildman–Crippen MR) is 101 cm³/mol. The van der Waals surface area contributed by atoms with Gasteiger partial charge >= 0.3 is 0 Å². The van der Waals surface area contributed by atoms with Gasteiger partial charge in [0.05, 0.1) is 11.7 Å². The molecule has 1 aromatic heterocycles. The van der Waals surface area contributed by atoms with Crippen LogP contribution in [0.2, 0.25) is 5.02 Å². The van der Waals surface area contributed by atoms with E-state index in [9.17, 15) is 0 Å². The van der Waals surface area contributed by atoms with Gasteiger partial charge in [0.1, 0.15) is 0 Å². The summed E-state index contributed by atoms with van der Waals surface area (Å²) in [7, 11) is 0. The van der Waals surface area contributed by atoms with Crippen LogP contribution in [0.4, 0.5) is 0 Å². The Morgan fingerprint density at radius 3 is 2.72 bits per heavy atom. The largest absolute Gasteiger partial charge is 0.381 e. The fourth-order valence-electron chi connectivity index (χ4n) is 4.18. The second-order valence-electron chi connectivity index (χ2n) is 7.06. The van der Waals surface area contributed by atoms with E-state index in [0.29, 0.717) is 12.1 Å². The van der Waals surface area contributed by atoms with Crippen LogP contribution in [0.5, 0.6) is 0 Å². The number of ether oxygens (including phenoxy) is 1. The van der Waals surface area contributed by atoms with E-state index in [2.05, 4.69) is 29.2 Å². The highest BCUT2D eigenvalue weighted by atomic mass is 35.5. The van der Waals surface area contributed by atoms with Gasteiger partial charge in [-0.3, -0.25) is 9.88 Å². The molecule has 0 saturated carbocycles. The maximum atomic E-state index is 6.32. The normalized spacial score (nSPS) is 22.4. The summed E-state index contributed by atoms with van der Waals surface area (Å²) in [5.74, 6) is 0. The minimum Gasteiger partial charge on any atom is -0.381 e. The molecule has 2 aromatic rings. The van der Waals surface area contributed by atoms with Crippen LogP contribution in [0, 0.1) is 0 Å². The molecule has 1 unspecified atom stereocenters. The first-order chi connectivity index (χ1) is 12.3. The third-order valence-corrected chi connectivity index (χ3v) is 5.82. The van der Waals surface area contributed by atoms with Crippen molar-refractivity contribution in [2.45, 2.75) is 44.2 Å². The van der Waals surface area contributed by atoms with Crippen LogP contribution in [-0.2, 0) is 11.2 Å². The van der Waals surface area contributed by atoms with Crippen LogP contribution in [0.25, 0.3) is 0 Å². The summed E-state index contributed by atoms with van der Waals surface area (Å²) in [5, 5.41) is 0.819. The van der Waals surface area contributed by atoms with Crippen LogP contribution in [0.1, 0.15) is 48.7 Å². The van der Waals surface area contributed by atoms with Crippen molar-refractivity contribution in [3.63, 3.8) is 0 Å². The zero-order valence-corrected chi connectivity index (χ0v) is 15.3. The lowest BCUT2D eigenvalue weighted by Gasteiger charge is -2.35. The highest BCUT2D eigenvalue weighted by Gasteiger charge is 2.33. The Hall–Kier alpha value is -1.42. The van der Waals surface area contributed by atoms with E-state index in [4.69, 9.17) is 21.3 Å². The molecule has 3 heterocycles. The lowest BCUT2D eigenvalue weighted by atomic mass is 10.0. The molecule has 3 nitrogen and oxygen atoms in total. The van der Waals surface area contributed by atoms with Gasteiger partial charge in [-0.2, -0.15) is 0 Å². The van der Waals surface area contributed by atoms with E-state index in [0.717, 1.165) is 48.8 Å². The maximum Gasteiger partial charge on any atom is 0.0578 e. The van der Waals surface area contributed by atoms with Gasteiger partial charge in [0.25, 0.3) is 0 Å². The number of aromatic nitrogens is 1. The Morgan fingerprint density at radius 1 is 1.04 bits per heavy atom. The van der Waals surface area contributed by atoms with Gasteiger partial charge in [-0.15, -0.1) is 0 Å². The smallest absolute Gasteiger partial charge is 0.0578 e. The lowest BCUT2D eigenvalue weighted by Crippen LogP contribution is -2.39. The molecule has 25 heavy (non-hydrogen) atoms. The molecule has 2 aliphatic rings. The molecule has 4 rings (SSSR count). The van der Waals surface area contributed by atoms with E-state index >= 15 is 0 Å². The van der Waals surface area contributed by atoms with E-state index in [1.807, 2.05) is 18.2 Å². The predicted octanol–water partition coefficient (Wildman–Crippen LogP) is 4.64. The van der Waals surface area contributed by atoms with Gasteiger partial charge in [0.15, 0.2) is 0 Å². The highest BCUT2D eigenvalue weighted by Crippen LogP contribution is 2.35. The molecule has 0 amide bonds. The van der Waals surface area contributed by atoms with Crippen molar-refractivity contribution in [2.75, 3.05) is 19.8 Å². The van der Waals surface area contributed by atoms with Gasteiger partial charge in [-0.1, -0.05) is 35.9 Å². The van der Waals surface area contributed by atoms with Crippen LogP contribution in [-0.4, -0.2) is 35.7 Å². The molecule has 0 radical (unpaired) electrons. The maximum absolute atomic E-state index is 6.32. The minimum absolute atomic E-state index is 0.453. The molecule has 132 valence electrons. The molecule has 1 atom stereocenters. The summed E-state index contributed by atoms with van der Waals surface area (Å²) in [4.78, 5) is 7.68. The van der Waals surface area contributed by atoms with Crippen molar-refractivity contribution in [2.24, 2.45) is 0 Å². The van der Waals surface area contributed by atoms with Gasteiger partial charge < -0.3 is 4.74 Å². The summed E-state index contributed by atoms with van der Waals surface area (Å²) in [6.07, 6.45) is 5.56. The Balaban J connectivity index is 1.53. The third kappa shape index (κ3) is 3.89. The molecule has 2 aliphatic heterocycles. The first-order valence-corrected chi connectivity index (χ1v) is 9.72. The van der Waals surface area contributed by atoms with Crippen LogP contribution >= 0.6 is 11.6 Å². The van der Waals surface area contributed by atoms with Crippen molar-refractivity contribution in [3.05, 3.63) is 64.4 Å².